The Hall–Kier alpha value is 0.677. The molecule has 0 spiro atoms. The average Bonchev–Trinajstić information content (AvgIpc) is 0.811. The Balaban J connectivity index is 0. The van der Waals surface area contributed by atoms with Crippen LogP contribution in [0.25, 0.3) is 0 Å². The molecule has 0 bridgehead atoms. The minimum atomic E-state index is -3.69. The van der Waals surface area contributed by atoms with Crippen molar-refractivity contribution >= 4 is 0 Å². The Bertz CT molecular complexity index is 55.3. The van der Waals surface area contributed by atoms with Crippen LogP contribution in [0.15, 0.2) is 0 Å². The third-order valence-electron chi connectivity index (χ3n) is 0. The molecule has 0 amide bonds. The van der Waals surface area contributed by atoms with Gasteiger partial charge in [0.05, 0.1) is 0 Å². The van der Waals surface area contributed by atoms with Gasteiger partial charge in [0.1, 0.15) is 0 Å². The van der Waals surface area contributed by atoms with Crippen LogP contribution in [0.5, 0.6) is 0 Å². The van der Waals surface area contributed by atoms with Crippen LogP contribution >= 0.6 is 0 Å². The molecule has 3 nitrogen and oxygen atoms in total. The molecule has 0 aromatic rings. The van der Waals surface area contributed by atoms with Crippen molar-refractivity contribution < 1.29 is 44.1 Å². The van der Waals surface area contributed by atoms with Gasteiger partial charge in [-0.1, -0.05) is 0 Å². The van der Waals surface area contributed by atoms with E-state index in [-0.39, 0.29) is 17.4 Å². The van der Waals surface area contributed by atoms with Crippen molar-refractivity contribution in [1.29, 1.82) is 0 Å². The molecule has 30 valence electrons. The molecule has 0 unspecified atom stereocenters. The van der Waals surface area contributed by atoms with E-state index in [1.807, 2.05) is 0 Å². The third kappa shape index (κ3) is 73.1. The number of rotatable bonds is 0. The van der Waals surface area contributed by atoms with E-state index in [0.717, 1.165) is 0 Å². The van der Waals surface area contributed by atoms with E-state index in [9.17, 15) is 0 Å². The van der Waals surface area contributed by atoms with Gasteiger partial charge in [0, 0.05) is 17.4 Å². The van der Waals surface area contributed by atoms with Crippen LogP contribution in [0, 0.1) is 0 Å². The topological polar surface area (TPSA) is 54.4 Å². The summed E-state index contributed by atoms with van der Waals surface area (Å²) in [6.07, 6.45) is 0. The molecular weight excluding hydrogens is 151 g/mol. The third-order valence-corrected chi connectivity index (χ3v) is 0. The van der Waals surface area contributed by atoms with Crippen LogP contribution in [-0.4, -0.2) is 4.03 Å². The summed E-state index contributed by atoms with van der Waals surface area (Å²) in [5.74, 6) is 0. The van der Waals surface area contributed by atoms with Crippen molar-refractivity contribution in [2.45, 2.75) is 0 Å². The van der Waals surface area contributed by atoms with Gasteiger partial charge in [0.2, 0.25) is 0 Å². The average molecular weight is 152 g/mol. The van der Waals surface area contributed by atoms with Gasteiger partial charge >= 0.3 is 26.8 Å². The van der Waals surface area contributed by atoms with Gasteiger partial charge in [-0.2, -0.15) is 0 Å². The summed E-state index contributed by atoms with van der Waals surface area (Å²) in [6.45, 7) is 0. The predicted molar refractivity (Wildman–Crippen MR) is 3.59 cm³/mol. The fourth-order valence-electron chi connectivity index (χ4n) is 0. The summed E-state index contributed by atoms with van der Waals surface area (Å²) >= 11 is -3.69. The fourth-order valence-corrected chi connectivity index (χ4v) is 0. The summed E-state index contributed by atoms with van der Waals surface area (Å²) in [4.78, 5) is 0. The van der Waals surface area contributed by atoms with E-state index in [1.54, 1.807) is 0 Å². The zero-order valence-electron chi connectivity index (χ0n) is 2.12. The van der Waals surface area contributed by atoms with Gasteiger partial charge in [-0.25, -0.2) is 0 Å². The Morgan fingerprint density at radius 3 is 1.40 bits per heavy atom. The van der Waals surface area contributed by atoms with Gasteiger partial charge in [-0.05, 0) is 0 Å². The minimum absolute atomic E-state index is 0. The first-order chi connectivity index (χ1) is 1.73. The van der Waals surface area contributed by atoms with Crippen LogP contribution in [0.1, 0.15) is 0 Å². The van der Waals surface area contributed by atoms with Crippen molar-refractivity contribution in [2.75, 3.05) is 0 Å². The molecule has 0 heterocycles. The maximum atomic E-state index is 8.67. The Morgan fingerprint density at radius 1 is 1.40 bits per heavy atom. The maximum absolute atomic E-state index is 8.67. The van der Waals surface area contributed by atoms with Crippen LogP contribution in [-0.2, 0) is 40.1 Å². The normalized spacial score (nSPS) is 5.00. The molecule has 0 aromatic heterocycles. The molecule has 0 atom stereocenters. The van der Waals surface area contributed by atoms with E-state index >= 15 is 0 Å². The molecular formula is HCrO3V. The second kappa shape index (κ2) is 4.68. The van der Waals surface area contributed by atoms with Gasteiger partial charge in [0.15, 0.2) is 0 Å². The Morgan fingerprint density at radius 2 is 1.40 bits per heavy atom. The second-order valence-electron chi connectivity index (χ2n) is 0.238. The van der Waals surface area contributed by atoms with Crippen LogP contribution < -0.4 is 0 Å². The molecule has 0 aliphatic carbocycles. The quantitative estimate of drug-likeness (QED) is 0.494. The summed E-state index contributed by atoms with van der Waals surface area (Å²) < 4.78 is 24.4. The summed E-state index contributed by atoms with van der Waals surface area (Å²) in [5, 5.41) is 0. The molecule has 5 heteroatoms. The summed E-state index contributed by atoms with van der Waals surface area (Å²) in [7, 11) is 0. The Kier molecular flexibility index (Phi) is 8.59. The molecule has 0 aliphatic rings. The van der Waals surface area contributed by atoms with Gasteiger partial charge < -0.3 is 0 Å². The first-order valence-electron chi connectivity index (χ1n) is 0.565. The molecule has 0 radical (unpaired) electrons. The molecule has 0 fully saturated rings. The van der Waals surface area contributed by atoms with Crippen molar-refractivity contribution in [2.24, 2.45) is 0 Å². The fraction of sp³-hybridized carbons (Fsp3) is 0. The van der Waals surface area contributed by atoms with Crippen molar-refractivity contribution in [3.05, 3.63) is 0 Å². The SMILES string of the molecule is [Cr].[O]=[V](=[O])[OH]. The first kappa shape index (κ1) is 9.18. The van der Waals surface area contributed by atoms with Gasteiger partial charge in [0.25, 0.3) is 0 Å². The standard InChI is InChI=1S/Cr.H2O.2O.V/h;1H2;;;/q;;;;+1/p-1. The Labute approximate surface area is 44.5 Å². The van der Waals surface area contributed by atoms with Gasteiger partial charge in [-0.15, -0.1) is 0 Å². The first-order valence-corrected chi connectivity index (χ1v) is 2.33. The summed E-state index contributed by atoms with van der Waals surface area (Å²) in [6, 6.07) is 0. The molecule has 0 saturated heterocycles. The zero-order valence-corrected chi connectivity index (χ0v) is 4.79. The molecule has 5 heavy (non-hydrogen) atoms. The number of hydrogen-bond donors (Lipinski definition) is 1. The zero-order chi connectivity index (χ0) is 3.58. The molecule has 1 N–H and O–H groups in total. The van der Waals surface area contributed by atoms with E-state index in [1.165, 1.54) is 0 Å². The van der Waals surface area contributed by atoms with E-state index < -0.39 is 15.4 Å². The van der Waals surface area contributed by atoms with E-state index in [0.29, 0.717) is 0 Å². The van der Waals surface area contributed by atoms with Crippen molar-refractivity contribution in [3.63, 3.8) is 0 Å². The second-order valence-corrected chi connectivity index (χ2v) is 0.981. The number of hydrogen-bond acceptors (Lipinski definition) is 2. The summed E-state index contributed by atoms with van der Waals surface area (Å²) in [5.41, 5.74) is 0. The van der Waals surface area contributed by atoms with Crippen molar-refractivity contribution in [1.82, 2.24) is 0 Å². The molecule has 0 rings (SSSR count). The van der Waals surface area contributed by atoms with Gasteiger partial charge in [-0.3, -0.25) is 0 Å². The monoisotopic (exact) mass is 152 g/mol. The molecule has 0 saturated carbocycles. The van der Waals surface area contributed by atoms with Crippen LogP contribution in [0.4, 0.5) is 0 Å². The van der Waals surface area contributed by atoms with Crippen LogP contribution in [0.3, 0.4) is 0 Å². The molecule has 0 aliphatic heterocycles. The van der Waals surface area contributed by atoms with E-state index in [4.69, 9.17) is 11.4 Å². The van der Waals surface area contributed by atoms with Crippen molar-refractivity contribution in [3.8, 4) is 0 Å². The van der Waals surface area contributed by atoms with Crippen LogP contribution in [0.2, 0.25) is 0 Å². The molecule has 0 aromatic carbocycles. The predicted octanol–water partition coefficient (Wildman–Crippen LogP) is -0.800. The van der Waals surface area contributed by atoms with E-state index in [2.05, 4.69) is 0 Å².